The van der Waals surface area contributed by atoms with Crippen molar-refractivity contribution in [1.29, 1.82) is 0 Å². The van der Waals surface area contributed by atoms with Gasteiger partial charge >= 0.3 is 0 Å². The van der Waals surface area contributed by atoms with Crippen LogP contribution in [0.15, 0.2) is 42.5 Å². The first kappa shape index (κ1) is 14.5. The summed E-state index contributed by atoms with van der Waals surface area (Å²) in [6, 6.07) is 11.7. The zero-order valence-electron chi connectivity index (χ0n) is 12.4. The summed E-state index contributed by atoms with van der Waals surface area (Å²) in [5.74, 6) is 0.524. The molecule has 0 saturated carbocycles. The highest BCUT2D eigenvalue weighted by atomic mass is 19.1. The van der Waals surface area contributed by atoms with Crippen molar-refractivity contribution in [3.63, 3.8) is 0 Å². The van der Waals surface area contributed by atoms with Crippen molar-refractivity contribution in [2.24, 2.45) is 0 Å². The van der Waals surface area contributed by atoms with Crippen LogP contribution < -0.4 is 5.32 Å². The molecule has 1 unspecified atom stereocenters. The van der Waals surface area contributed by atoms with E-state index in [9.17, 15) is 9.18 Å². The molecule has 2 aromatic rings. The lowest BCUT2D eigenvalue weighted by atomic mass is 10.2. The van der Waals surface area contributed by atoms with Crippen molar-refractivity contribution >= 4 is 11.7 Å². The first-order valence-electron chi connectivity index (χ1n) is 7.35. The molecular formula is C17H18FN3O. The largest absolute Gasteiger partial charge is 0.358 e. The summed E-state index contributed by atoms with van der Waals surface area (Å²) in [6.45, 7) is 3.13. The van der Waals surface area contributed by atoms with Crippen LogP contribution in [0.25, 0.3) is 0 Å². The minimum Gasteiger partial charge on any atom is -0.358 e. The molecule has 1 fully saturated rings. The molecule has 0 radical (unpaired) electrons. The lowest BCUT2D eigenvalue weighted by molar-refractivity contribution is -0.128. The highest BCUT2D eigenvalue weighted by Crippen LogP contribution is 2.18. The Kier molecular flexibility index (Phi) is 4.04. The van der Waals surface area contributed by atoms with Crippen molar-refractivity contribution in [3.05, 3.63) is 59.5 Å². The average molecular weight is 299 g/mol. The number of halogens is 1. The van der Waals surface area contributed by atoms with Gasteiger partial charge in [-0.05, 0) is 43.2 Å². The van der Waals surface area contributed by atoms with Gasteiger partial charge in [0.15, 0.2) is 0 Å². The number of carbonyl (C=O) groups excluding carboxylic acids is 1. The van der Waals surface area contributed by atoms with Crippen LogP contribution in [0, 0.1) is 12.7 Å². The number of rotatable bonds is 4. The lowest BCUT2D eigenvalue weighted by Crippen LogP contribution is -2.33. The van der Waals surface area contributed by atoms with Crippen molar-refractivity contribution in [1.82, 2.24) is 9.88 Å². The summed E-state index contributed by atoms with van der Waals surface area (Å²) in [4.78, 5) is 18.6. The van der Waals surface area contributed by atoms with Gasteiger partial charge in [-0.2, -0.15) is 0 Å². The summed E-state index contributed by atoms with van der Waals surface area (Å²) < 4.78 is 12.9. The lowest BCUT2D eigenvalue weighted by Gasteiger charge is -2.17. The topological polar surface area (TPSA) is 45.2 Å². The fourth-order valence-corrected chi connectivity index (χ4v) is 2.64. The van der Waals surface area contributed by atoms with Gasteiger partial charge in [-0.3, -0.25) is 4.79 Å². The van der Waals surface area contributed by atoms with Gasteiger partial charge in [0, 0.05) is 18.8 Å². The number of aromatic nitrogens is 1. The zero-order valence-corrected chi connectivity index (χ0v) is 12.4. The third-order valence-corrected chi connectivity index (χ3v) is 3.79. The maximum absolute atomic E-state index is 12.9. The molecule has 1 atom stereocenters. The standard InChI is InChI=1S/C17H18FN3O/c1-12-3-2-4-16(19-12)20-15-9-10-21(17(15)22)11-13-5-7-14(18)8-6-13/h2-8,15H,9-11H2,1H3,(H,19,20). The summed E-state index contributed by atoms with van der Waals surface area (Å²) in [6.07, 6.45) is 0.746. The molecule has 22 heavy (non-hydrogen) atoms. The number of pyridine rings is 1. The van der Waals surface area contributed by atoms with E-state index >= 15 is 0 Å². The van der Waals surface area contributed by atoms with E-state index in [-0.39, 0.29) is 17.8 Å². The van der Waals surface area contributed by atoms with Crippen LogP contribution >= 0.6 is 0 Å². The van der Waals surface area contributed by atoms with E-state index in [0.717, 1.165) is 23.5 Å². The predicted octanol–water partition coefficient (Wildman–Crippen LogP) is 2.74. The van der Waals surface area contributed by atoms with Gasteiger partial charge in [-0.15, -0.1) is 0 Å². The number of anilines is 1. The summed E-state index contributed by atoms with van der Waals surface area (Å²) >= 11 is 0. The number of likely N-dealkylation sites (tertiary alicyclic amines) is 1. The van der Waals surface area contributed by atoms with Crippen LogP contribution in [0.5, 0.6) is 0 Å². The molecule has 1 aliphatic rings. The fourth-order valence-electron chi connectivity index (χ4n) is 2.64. The van der Waals surface area contributed by atoms with E-state index in [1.54, 1.807) is 17.0 Å². The van der Waals surface area contributed by atoms with E-state index in [0.29, 0.717) is 13.1 Å². The highest BCUT2D eigenvalue weighted by molar-refractivity contribution is 5.86. The third kappa shape index (κ3) is 3.24. The van der Waals surface area contributed by atoms with Crippen molar-refractivity contribution in [2.75, 3.05) is 11.9 Å². The summed E-state index contributed by atoms with van der Waals surface area (Å²) in [5, 5.41) is 3.19. The summed E-state index contributed by atoms with van der Waals surface area (Å²) in [7, 11) is 0. The molecule has 114 valence electrons. The van der Waals surface area contributed by atoms with Gasteiger partial charge in [0.2, 0.25) is 5.91 Å². The van der Waals surface area contributed by atoms with E-state index in [2.05, 4.69) is 10.3 Å². The van der Waals surface area contributed by atoms with Crippen LogP contribution in [-0.2, 0) is 11.3 Å². The van der Waals surface area contributed by atoms with Crippen LogP contribution in [0.1, 0.15) is 17.7 Å². The Morgan fingerprint density at radius 1 is 1.27 bits per heavy atom. The number of nitrogens with zero attached hydrogens (tertiary/aromatic N) is 2. The van der Waals surface area contributed by atoms with Gasteiger partial charge in [-0.25, -0.2) is 9.37 Å². The molecule has 4 nitrogen and oxygen atoms in total. The van der Waals surface area contributed by atoms with E-state index < -0.39 is 0 Å². The maximum atomic E-state index is 12.9. The van der Waals surface area contributed by atoms with Crippen molar-refractivity contribution in [3.8, 4) is 0 Å². The van der Waals surface area contributed by atoms with Crippen molar-refractivity contribution < 1.29 is 9.18 Å². The normalized spacial score (nSPS) is 17.8. The molecule has 1 N–H and O–H groups in total. The van der Waals surface area contributed by atoms with Gasteiger partial charge in [0.1, 0.15) is 17.7 Å². The minimum atomic E-state index is -0.262. The Labute approximate surface area is 129 Å². The number of amides is 1. The Bertz CT molecular complexity index is 672. The average Bonchev–Trinajstić information content (AvgIpc) is 2.83. The van der Waals surface area contributed by atoms with Gasteiger partial charge in [-0.1, -0.05) is 18.2 Å². The molecule has 1 aliphatic heterocycles. The second-order valence-electron chi connectivity index (χ2n) is 5.54. The number of nitrogens with one attached hydrogen (secondary N) is 1. The fraction of sp³-hybridized carbons (Fsp3) is 0.294. The summed E-state index contributed by atoms with van der Waals surface area (Å²) in [5.41, 5.74) is 1.85. The Hall–Kier alpha value is -2.43. The van der Waals surface area contributed by atoms with Gasteiger partial charge < -0.3 is 10.2 Å². The third-order valence-electron chi connectivity index (χ3n) is 3.79. The molecule has 2 heterocycles. The Morgan fingerprint density at radius 2 is 2.05 bits per heavy atom. The molecular weight excluding hydrogens is 281 g/mol. The minimum absolute atomic E-state index is 0.0626. The number of hydrogen-bond acceptors (Lipinski definition) is 3. The highest BCUT2D eigenvalue weighted by Gasteiger charge is 2.31. The zero-order chi connectivity index (χ0) is 15.5. The van der Waals surface area contributed by atoms with Gasteiger partial charge in [0.05, 0.1) is 0 Å². The quantitative estimate of drug-likeness (QED) is 0.944. The number of benzene rings is 1. The molecule has 0 bridgehead atoms. The predicted molar refractivity (Wildman–Crippen MR) is 82.8 cm³/mol. The van der Waals surface area contributed by atoms with Gasteiger partial charge in [0.25, 0.3) is 0 Å². The SMILES string of the molecule is Cc1cccc(NC2CCN(Cc3ccc(F)cc3)C2=O)n1. The second-order valence-corrected chi connectivity index (χ2v) is 5.54. The van der Waals surface area contributed by atoms with E-state index in [1.807, 2.05) is 25.1 Å². The molecule has 1 aromatic carbocycles. The molecule has 3 rings (SSSR count). The van der Waals surface area contributed by atoms with Crippen LogP contribution in [-0.4, -0.2) is 28.4 Å². The second kappa shape index (κ2) is 6.13. The van der Waals surface area contributed by atoms with E-state index in [1.165, 1.54) is 12.1 Å². The monoisotopic (exact) mass is 299 g/mol. The van der Waals surface area contributed by atoms with Crippen molar-refractivity contribution in [2.45, 2.75) is 25.9 Å². The Morgan fingerprint density at radius 3 is 2.77 bits per heavy atom. The van der Waals surface area contributed by atoms with Crippen LogP contribution in [0.3, 0.4) is 0 Å². The molecule has 5 heteroatoms. The number of hydrogen-bond donors (Lipinski definition) is 1. The Balaban J connectivity index is 1.63. The first-order valence-corrected chi connectivity index (χ1v) is 7.35. The first-order chi connectivity index (χ1) is 10.6. The smallest absolute Gasteiger partial charge is 0.245 e. The number of carbonyl (C=O) groups is 1. The van der Waals surface area contributed by atoms with Crippen LogP contribution in [0.2, 0.25) is 0 Å². The molecule has 1 saturated heterocycles. The molecule has 1 amide bonds. The molecule has 1 aromatic heterocycles. The van der Waals surface area contributed by atoms with E-state index in [4.69, 9.17) is 0 Å². The molecule has 0 aliphatic carbocycles. The molecule has 0 spiro atoms. The number of aryl methyl sites for hydroxylation is 1. The maximum Gasteiger partial charge on any atom is 0.245 e. The van der Waals surface area contributed by atoms with Crippen LogP contribution in [0.4, 0.5) is 10.2 Å².